The fraction of sp³-hybridized carbons (Fsp3) is 0.346. The maximum Gasteiger partial charge on any atom is 0.418 e. The Morgan fingerprint density at radius 3 is 2.37 bits per heavy atom. The van der Waals surface area contributed by atoms with E-state index >= 15 is 0 Å². The molecule has 2 aromatic heterocycles. The number of anilines is 2. The molecule has 1 atom stereocenters. The van der Waals surface area contributed by atoms with Gasteiger partial charge in [0, 0.05) is 12.4 Å². The highest BCUT2D eigenvalue weighted by atomic mass is 35.5. The lowest BCUT2D eigenvalue weighted by molar-refractivity contribution is -0.136. The van der Waals surface area contributed by atoms with E-state index in [1.807, 2.05) is 0 Å². The smallest absolute Gasteiger partial charge is 0.418 e. The number of fused-ring (bicyclic) bond motifs is 1. The summed E-state index contributed by atoms with van der Waals surface area (Å²) in [6, 6.07) is 0.0928. The number of carbonyl (C=O) groups excluding carboxylic acids is 4. The van der Waals surface area contributed by atoms with Gasteiger partial charge in [-0.25, -0.2) is 33.0 Å². The van der Waals surface area contributed by atoms with Crippen LogP contribution in [0.3, 0.4) is 0 Å². The summed E-state index contributed by atoms with van der Waals surface area (Å²) in [6.07, 6.45) is -6.22. The molecule has 1 fully saturated rings. The number of methoxy groups -OCH3 is 1. The summed E-state index contributed by atoms with van der Waals surface area (Å²) in [7, 11) is 2.10. The van der Waals surface area contributed by atoms with E-state index in [4.69, 9.17) is 16.3 Å². The van der Waals surface area contributed by atoms with Gasteiger partial charge in [0.25, 0.3) is 5.91 Å². The topological polar surface area (TPSA) is 109 Å². The number of pyridine rings is 1. The molecule has 0 radical (unpaired) electrons. The first-order valence-electron chi connectivity index (χ1n) is 12.2. The van der Waals surface area contributed by atoms with Crippen LogP contribution in [0.1, 0.15) is 36.0 Å². The van der Waals surface area contributed by atoms with E-state index in [-0.39, 0.29) is 9.71 Å². The Hall–Kier alpha value is -4.05. The number of halogens is 6. The van der Waals surface area contributed by atoms with Gasteiger partial charge < -0.3 is 14.4 Å². The summed E-state index contributed by atoms with van der Waals surface area (Å²) >= 11 is 6.19. The summed E-state index contributed by atoms with van der Waals surface area (Å²) in [6.45, 7) is 3.77. The monoisotopic (exact) mass is 648 g/mol. The minimum absolute atomic E-state index is 0.216. The number of thiophene rings is 1. The second-order valence-electron chi connectivity index (χ2n) is 10.2. The average molecular weight is 649 g/mol. The number of hydrogen-bond donors (Lipinski definition) is 0. The predicted molar refractivity (Wildman–Crippen MR) is 145 cm³/mol. The standard InChI is InChI=1S/C26H22ClF5N4O6S/c1-25(2,3)42-24(40)35-10-15(21(37)34(4)14-7-6-13(28)18(27)19(14)29)36(23(35)39)17-9-12(26(30,31)32)11-8-16(22(38)41-5)43-20(11)33-17/h6-9,15H,10H2,1-5H3/t15-/m0/s1. The van der Waals surface area contributed by atoms with Crippen molar-refractivity contribution in [1.82, 2.24) is 9.88 Å². The van der Waals surface area contributed by atoms with Gasteiger partial charge in [-0.1, -0.05) is 11.6 Å². The van der Waals surface area contributed by atoms with Gasteiger partial charge in [-0.05, 0) is 45.0 Å². The fourth-order valence-electron chi connectivity index (χ4n) is 4.19. The molecule has 0 N–H and O–H groups in total. The molecule has 0 saturated carbocycles. The molecule has 0 spiro atoms. The Balaban J connectivity index is 1.88. The number of likely N-dealkylation sites (N-methyl/N-ethyl adjacent to an activating group) is 1. The van der Waals surface area contributed by atoms with Gasteiger partial charge in [-0.3, -0.25) is 9.69 Å². The van der Waals surface area contributed by atoms with Crippen molar-refractivity contribution in [2.75, 3.05) is 30.5 Å². The van der Waals surface area contributed by atoms with E-state index in [1.165, 1.54) is 20.8 Å². The highest BCUT2D eigenvalue weighted by molar-refractivity contribution is 7.20. The molecule has 4 rings (SSSR count). The molecular weight excluding hydrogens is 627 g/mol. The molecule has 0 unspecified atom stereocenters. The first kappa shape index (κ1) is 31.9. The van der Waals surface area contributed by atoms with E-state index in [0.29, 0.717) is 32.1 Å². The van der Waals surface area contributed by atoms with Crippen LogP contribution in [0.5, 0.6) is 0 Å². The van der Waals surface area contributed by atoms with Crippen molar-refractivity contribution >= 4 is 68.7 Å². The van der Waals surface area contributed by atoms with E-state index in [1.54, 1.807) is 0 Å². The molecule has 43 heavy (non-hydrogen) atoms. The van der Waals surface area contributed by atoms with Gasteiger partial charge >= 0.3 is 24.3 Å². The molecule has 0 bridgehead atoms. The van der Waals surface area contributed by atoms with Gasteiger partial charge in [0.1, 0.15) is 38.0 Å². The minimum Gasteiger partial charge on any atom is -0.465 e. The molecule has 3 aromatic rings. The number of imide groups is 1. The number of esters is 1. The molecular formula is C26H22ClF5N4O6S. The Morgan fingerprint density at radius 2 is 1.79 bits per heavy atom. The number of alkyl halides is 3. The molecule has 1 saturated heterocycles. The SMILES string of the molecule is COC(=O)c1cc2c(C(F)(F)F)cc(N3C(=O)N(C(=O)OC(C)(C)C)C[C@H]3C(=O)N(C)c3ccc(F)c(Cl)c3F)nc2s1. The summed E-state index contributed by atoms with van der Waals surface area (Å²) in [5.74, 6) is -5.14. The molecule has 17 heteroatoms. The summed E-state index contributed by atoms with van der Waals surface area (Å²) in [4.78, 5) is 57.5. The second kappa shape index (κ2) is 11.2. The van der Waals surface area contributed by atoms with Crippen molar-refractivity contribution in [2.24, 2.45) is 0 Å². The van der Waals surface area contributed by atoms with Gasteiger partial charge in [0.15, 0.2) is 5.82 Å². The lowest BCUT2D eigenvalue weighted by atomic mass is 10.1. The van der Waals surface area contributed by atoms with Gasteiger partial charge in [-0.15, -0.1) is 11.3 Å². The second-order valence-corrected chi connectivity index (χ2v) is 11.6. The van der Waals surface area contributed by atoms with Gasteiger partial charge in [0.05, 0.1) is 24.9 Å². The highest BCUT2D eigenvalue weighted by Crippen LogP contribution is 2.41. The Morgan fingerprint density at radius 1 is 1.14 bits per heavy atom. The third-order valence-electron chi connectivity index (χ3n) is 6.14. The predicted octanol–water partition coefficient (Wildman–Crippen LogP) is 6.24. The first-order valence-corrected chi connectivity index (χ1v) is 13.4. The zero-order valence-electron chi connectivity index (χ0n) is 23.0. The van der Waals surface area contributed by atoms with Crippen molar-refractivity contribution in [3.63, 3.8) is 0 Å². The molecule has 0 aliphatic carbocycles. The van der Waals surface area contributed by atoms with Crippen LogP contribution in [0.25, 0.3) is 10.2 Å². The van der Waals surface area contributed by atoms with Crippen molar-refractivity contribution in [3.05, 3.63) is 51.4 Å². The lowest BCUT2D eigenvalue weighted by Crippen LogP contribution is -2.47. The van der Waals surface area contributed by atoms with Crippen LogP contribution in [-0.4, -0.2) is 66.2 Å². The summed E-state index contributed by atoms with van der Waals surface area (Å²) in [5.41, 5.74) is -2.91. The van der Waals surface area contributed by atoms with E-state index < -0.39 is 87.5 Å². The maximum atomic E-state index is 14.8. The number of urea groups is 1. The normalized spacial score (nSPS) is 15.7. The Bertz CT molecular complexity index is 1660. The number of hydrogen-bond acceptors (Lipinski definition) is 8. The van der Waals surface area contributed by atoms with Crippen LogP contribution in [0, 0.1) is 11.6 Å². The largest absolute Gasteiger partial charge is 0.465 e. The zero-order valence-corrected chi connectivity index (χ0v) is 24.6. The molecule has 1 aliphatic heterocycles. The van der Waals surface area contributed by atoms with Crippen LogP contribution in [-0.2, 0) is 20.4 Å². The molecule has 10 nitrogen and oxygen atoms in total. The van der Waals surface area contributed by atoms with Gasteiger partial charge in [0.2, 0.25) is 0 Å². The molecule has 230 valence electrons. The quantitative estimate of drug-likeness (QED) is 0.187. The number of rotatable bonds is 4. The Labute approximate surface area is 249 Å². The Kier molecular flexibility index (Phi) is 8.32. The first-order chi connectivity index (χ1) is 19.9. The van der Waals surface area contributed by atoms with Crippen molar-refractivity contribution in [2.45, 2.75) is 38.6 Å². The number of amides is 4. The van der Waals surface area contributed by atoms with Crippen molar-refractivity contribution in [3.8, 4) is 0 Å². The lowest BCUT2D eigenvalue weighted by Gasteiger charge is -2.27. The summed E-state index contributed by atoms with van der Waals surface area (Å²) in [5, 5.41) is -1.40. The number of nitrogens with zero attached hydrogens (tertiary/aromatic N) is 4. The van der Waals surface area contributed by atoms with Gasteiger partial charge in [-0.2, -0.15) is 13.2 Å². The van der Waals surface area contributed by atoms with Crippen LogP contribution in [0.15, 0.2) is 24.3 Å². The van der Waals surface area contributed by atoms with E-state index in [9.17, 15) is 41.1 Å². The summed E-state index contributed by atoms with van der Waals surface area (Å²) < 4.78 is 81.0. The van der Waals surface area contributed by atoms with E-state index in [0.717, 1.165) is 32.4 Å². The number of aromatic nitrogens is 1. The molecule has 1 aromatic carbocycles. The van der Waals surface area contributed by atoms with Crippen LogP contribution >= 0.6 is 22.9 Å². The minimum atomic E-state index is -5.01. The third-order valence-corrected chi connectivity index (χ3v) is 7.50. The van der Waals surface area contributed by atoms with Crippen LogP contribution in [0.2, 0.25) is 5.02 Å². The highest BCUT2D eigenvalue weighted by Gasteiger charge is 2.49. The molecule has 1 aliphatic rings. The maximum absolute atomic E-state index is 14.8. The van der Waals surface area contributed by atoms with Crippen LogP contribution < -0.4 is 9.80 Å². The fourth-order valence-corrected chi connectivity index (χ4v) is 5.32. The third kappa shape index (κ3) is 6.06. The number of ether oxygens (including phenoxy) is 2. The van der Waals surface area contributed by atoms with E-state index in [2.05, 4.69) is 9.72 Å². The number of carbonyl (C=O) groups is 4. The van der Waals surface area contributed by atoms with Crippen molar-refractivity contribution in [1.29, 1.82) is 0 Å². The van der Waals surface area contributed by atoms with Crippen molar-refractivity contribution < 1.29 is 50.6 Å². The molecule has 3 heterocycles. The zero-order chi connectivity index (χ0) is 32.2. The average Bonchev–Trinajstić information content (AvgIpc) is 3.49. The molecule has 4 amide bonds. The number of benzene rings is 1. The van der Waals surface area contributed by atoms with Crippen LogP contribution in [0.4, 0.5) is 43.0 Å².